The largest absolute Gasteiger partial charge is 0.481 e. The molecule has 478 valence electrons. The Morgan fingerprint density at radius 1 is 0.667 bits per heavy atom. The average molecular weight is 1240 g/mol. The maximum Gasteiger partial charge on any atom is 0.342 e. The lowest BCUT2D eigenvalue weighted by atomic mass is 9.59. The summed E-state index contributed by atoms with van der Waals surface area (Å²) >= 11 is 2.51. The van der Waals surface area contributed by atoms with E-state index in [0.29, 0.717) is 52.0 Å². The number of thioether (sulfide) groups is 2. The molecular weight excluding hydrogens is 1130 g/mol. The summed E-state index contributed by atoms with van der Waals surface area (Å²) in [6, 6.07) is 18.7. The van der Waals surface area contributed by atoms with Crippen LogP contribution in [-0.2, 0) is 38.2 Å². The van der Waals surface area contributed by atoms with E-state index in [0.717, 1.165) is 25.7 Å². The molecule has 2 aliphatic carbocycles. The van der Waals surface area contributed by atoms with Gasteiger partial charge in [-0.05, 0) is 110 Å². The second-order valence-electron chi connectivity index (χ2n) is 30.0. The fourth-order valence-electron chi connectivity index (χ4n) is 12.8. The molecule has 2 fully saturated rings. The van der Waals surface area contributed by atoms with E-state index in [2.05, 4.69) is 113 Å². The summed E-state index contributed by atoms with van der Waals surface area (Å²) in [5.41, 5.74) is 1.15. The lowest BCUT2D eigenvalue weighted by Crippen LogP contribution is -2.50. The van der Waals surface area contributed by atoms with Crippen molar-refractivity contribution in [2.24, 2.45) is 67.6 Å². The number of rotatable bonds is 20. The van der Waals surface area contributed by atoms with Crippen molar-refractivity contribution in [3.8, 4) is 11.1 Å². The van der Waals surface area contributed by atoms with Crippen LogP contribution < -0.4 is 10.6 Å². The lowest BCUT2D eigenvalue weighted by Gasteiger charge is -2.50. The van der Waals surface area contributed by atoms with Crippen molar-refractivity contribution < 1.29 is 48.1 Å². The summed E-state index contributed by atoms with van der Waals surface area (Å²) in [6.45, 7) is 41.8. The summed E-state index contributed by atoms with van der Waals surface area (Å²) in [6.07, 6.45) is 4.62. The third kappa shape index (κ3) is 17.8. The number of anilines is 1. The molecule has 1 aliphatic heterocycles. The number of aliphatic imine (C=N–C) groups is 1. The van der Waals surface area contributed by atoms with Gasteiger partial charge in [0.2, 0.25) is 11.8 Å². The lowest BCUT2D eigenvalue weighted by molar-refractivity contribution is -0.164. The molecule has 0 saturated heterocycles. The zero-order valence-electron chi connectivity index (χ0n) is 55.7. The van der Waals surface area contributed by atoms with Crippen LogP contribution in [0.25, 0.3) is 22.8 Å². The van der Waals surface area contributed by atoms with Crippen molar-refractivity contribution in [1.29, 1.82) is 0 Å². The van der Waals surface area contributed by atoms with E-state index in [1.54, 1.807) is 26.8 Å². The maximum atomic E-state index is 15.9. The van der Waals surface area contributed by atoms with Crippen LogP contribution in [0.4, 0.5) is 5.82 Å². The maximum absolute atomic E-state index is 15.9. The topological polar surface area (TPSA) is 203 Å². The fraction of sp³-hybridized carbons (Fsp3) is 0.620. The number of hydrogen-bond donors (Lipinski definition) is 4. The first kappa shape index (κ1) is 70.5. The number of benzene rings is 2. The number of allylic oxidation sites excluding steroid dienone is 1. The Hall–Kier alpha value is -5.61. The minimum absolute atomic E-state index is 0.00402. The van der Waals surface area contributed by atoms with Crippen molar-refractivity contribution in [3.63, 3.8) is 0 Å². The third-order valence-corrected chi connectivity index (χ3v) is 20.6. The first-order valence-electron chi connectivity index (χ1n) is 31.5. The van der Waals surface area contributed by atoms with Crippen molar-refractivity contribution in [2.75, 3.05) is 17.7 Å². The molecule has 3 aliphatic rings. The number of aromatic amines is 1. The molecule has 2 heterocycles. The molecule has 0 bridgehead atoms. The summed E-state index contributed by atoms with van der Waals surface area (Å²) in [4.78, 5) is 94.2. The van der Waals surface area contributed by atoms with Gasteiger partial charge in [-0.15, -0.1) is 23.5 Å². The number of carbonyl (C=O) groups is 6. The van der Waals surface area contributed by atoms with Gasteiger partial charge in [0, 0.05) is 45.8 Å². The molecule has 6 rings (SSSR count). The molecule has 2 aromatic carbocycles. The number of hydrogen-bond acceptors (Lipinski definition) is 12. The molecular formula is C71H102N4O10S2. The van der Waals surface area contributed by atoms with Crippen molar-refractivity contribution in [3.05, 3.63) is 88.8 Å². The Kier molecular flexibility index (Phi) is 23.1. The number of amides is 2. The fourth-order valence-corrected chi connectivity index (χ4v) is 14.6. The molecule has 0 radical (unpaired) electrons. The summed E-state index contributed by atoms with van der Waals surface area (Å²) in [5.74, 6) is -2.36. The molecule has 2 saturated carbocycles. The number of carboxylic acid groups (broad SMARTS) is 1. The van der Waals surface area contributed by atoms with Crippen LogP contribution in [0, 0.1) is 62.6 Å². The zero-order valence-corrected chi connectivity index (χ0v) is 57.4. The molecule has 1 aromatic heterocycles. The second kappa shape index (κ2) is 28.5. The smallest absolute Gasteiger partial charge is 0.342 e. The van der Waals surface area contributed by atoms with Crippen LogP contribution >= 0.6 is 23.5 Å². The SMILES string of the molecule is CCC(C)(C)C(=O)OCCSC(C)C(=O)Nc1[nH]c(C=C2N=C(NC(=O)C(C)SC(C)CC(=O)O)C(C(=O)OC3C(C(C)(C)C)CC(C)CC3C(C)(C)C)=C2c2ccccc2)c(-c2ccccc2)c1C(=O)OC1C(C(C)(C)C)CC(C)CC1C(C)(C)C. The van der Waals surface area contributed by atoms with Crippen LogP contribution in [0.5, 0.6) is 0 Å². The Morgan fingerprint density at radius 3 is 1.59 bits per heavy atom. The molecule has 3 aromatic rings. The normalized spacial score (nSPS) is 23.7. The summed E-state index contributed by atoms with van der Waals surface area (Å²) in [5, 5.41) is 13.9. The number of ether oxygens (including phenoxy) is 3. The molecule has 0 spiro atoms. The summed E-state index contributed by atoms with van der Waals surface area (Å²) < 4.78 is 19.6. The van der Waals surface area contributed by atoms with Gasteiger partial charge in [0.25, 0.3) is 0 Å². The Labute approximate surface area is 528 Å². The predicted octanol–water partition coefficient (Wildman–Crippen LogP) is 16.0. The number of aromatic nitrogens is 1. The van der Waals surface area contributed by atoms with Crippen LogP contribution in [0.1, 0.15) is 199 Å². The van der Waals surface area contributed by atoms with Gasteiger partial charge in [-0.2, -0.15) is 0 Å². The minimum Gasteiger partial charge on any atom is -0.481 e. The van der Waals surface area contributed by atoms with Crippen molar-refractivity contribution >= 4 is 82.5 Å². The van der Waals surface area contributed by atoms with Crippen LogP contribution in [0.15, 0.2) is 76.9 Å². The second-order valence-corrected chi connectivity index (χ2v) is 33.2. The number of carbonyl (C=O) groups excluding carboxylic acids is 5. The average Bonchev–Trinajstić information content (AvgIpc) is 1.79. The van der Waals surface area contributed by atoms with E-state index in [9.17, 15) is 24.3 Å². The number of nitrogens with one attached hydrogen (secondary N) is 3. The Balaban J connectivity index is 1.62. The Morgan fingerprint density at radius 2 is 1.13 bits per heavy atom. The van der Waals surface area contributed by atoms with Crippen molar-refractivity contribution in [2.45, 2.75) is 205 Å². The van der Waals surface area contributed by atoms with E-state index in [4.69, 9.17) is 19.2 Å². The van der Waals surface area contributed by atoms with Crippen LogP contribution in [0.2, 0.25) is 0 Å². The quantitative estimate of drug-likeness (QED) is 0.0474. The van der Waals surface area contributed by atoms with Gasteiger partial charge in [-0.25, -0.2) is 14.6 Å². The van der Waals surface area contributed by atoms with E-state index in [1.807, 2.05) is 81.4 Å². The van der Waals surface area contributed by atoms with E-state index < -0.39 is 63.1 Å². The highest BCUT2D eigenvalue weighted by Crippen LogP contribution is 2.52. The van der Waals surface area contributed by atoms with Crippen molar-refractivity contribution in [1.82, 2.24) is 10.3 Å². The predicted molar refractivity (Wildman–Crippen MR) is 355 cm³/mol. The van der Waals surface area contributed by atoms with E-state index >= 15 is 9.59 Å². The van der Waals surface area contributed by atoms with Crippen LogP contribution in [0.3, 0.4) is 0 Å². The number of carboxylic acids is 1. The molecule has 16 heteroatoms. The number of aliphatic carboxylic acids is 1. The van der Waals surface area contributed by atoms with Gasteiger partial charge < -0.3 is 34.9 Å². The van der Waals surface area contributed by atoms with Gasteiger partial charge in [0.05, 0.1) is 33.7 Å². The number of esters is 3. The van der Waals surface area contributed by atoms with Gasteiger partial charge in [0.15, 0.2) is 0 Å². The number of amidine groups is 1. The minimum atomic E-state index is -0.984. The monoisotopic (exact) mass is 1230 g/mol. The highest BCUT2D eigenvalue weighted by atomic mass is 32.2. The highest BCUT2D eigenvalue weighted by Gasteiger charge is 2.51. The molecule has 7 atom stereocenters. The van der Waals surface area contributed by atoms with Crippen LogP contribution in [-0.4, -0.2) is 91.9 Å². The number of H-pyrrole nitrogens is 1. The van der Waals surface area contributed by atoms with Gasteiger partial charge >= 0.3 is 23.9 Å². The molecule has 2 amide bonds. The van der Waals surface area contributed by atoms with E-state index in [1.165, 1.54) is 23.5 Å². The van der Waals surface area contributed by atoms with E-state index in [-0.39, 0.29) is 92.8 Å². The highest BCUT2D eigenvalue weighted by molar-refractivity contribution is 8.01. The number of nitrogens with zero attached hydrogens (tertiary/aromatic N) is 1. The Bertz CT molecular complexity index is 3000. The van der Waals surface area contributed by atoms with Gasteiger partial charge in [-0.3, -0.25) is 19.2 Å². The zero-order chi connectivity index (χ0) is 64.9. The van der Waals surface area contributed by atoms with Gasteiger partial charge in [0.1, 0.15) is 41.6 Å². The molecule has 14 nitrogen and oxygen atoms in total. The summed E-state index contributed by atoms with van der Waals surface area (Å²) in [7, 11) is 0. The molecule has 4 N–H and O–H groups in total. The molecule has 87 heavy (non-hydrogen) atoms. The standard InChI is InChI=1S/C71H102N4O10S2/c1-21-71(19,20)66(82)83-32-33-86-43(5)62(78)74-60-56(64(80)84-58-47(67(7,8)9)34-40(2)35-48(58)68(10,11)12)54(45-28-24-22-25-29-45)51(72-60)39-52-55(46-30-26-23-27-31-46)57(61(73-52)75-63(79)44(6)87-42(4)38-53(76)77)65(81)85-59-49(69(13,14)15)36-41(3)37-50(59)70(16,17)18/h22-31,39-44,47-50,58-59,72H,21,32-38H2,1-20H3,(H,74,78)(H,76,77)(H,73,75,79). The third-order valence-electron chi connectivity index (χ3n) is 18.2. The first-order chi connectivity index (χ1) is 40.3. The molecule has 7 unspecified atom stereocenters. The first-order valence-corrected chi connectivity index (χ1v) is 33.4. The van der Waals surface area contributed by atoms with Gasteiger partial charge in [-0.1, -0.05) is 171 Å².